The number of nitrogens with zero attached hydrogens (tertiary/aromatic N) is 2. The van der Waals surface area contributed by atoms with Crippen LogP contribution in [0.15, 0.2) is 0 Å². The van der Waals surface area contributed by atoms with E-state index in [1.54, 1.807) is 0 Å². The molecule has 3 heteroatoms. The molecule has 3 unspecified atom stereocenters. The van der Waals surface area contributed by atoms with Gasteiger partial charge in [-0.1, -0.05) is 6.92 Å². The maximum atomic E-state index is 3.54. The highest BCUT2D eigenvalue weighted by Crippen LogP contribution is 2.14. The molecule has 3 nitrogen and oxygen atoms in total. The third-order valence-electron chi connectivity index (χ3n) is 3.87. The topological polar surface area (TPSA) is 18.5 Å². The predicted octanol–water partition coefficient (Wildman–Crippen LogP) is 1.40. The van der Waals surface area contributed by atoms with Gasteiger partial charge in [0.2, 0.25) is 0 Å². The van der Waals surface area contributed by atoms with Crippen LogP contribution in [0.4, 0.5) is 0 Å². The van der Waals surface area contributed by atoms with Gasteiger partial charge in [0.1, 0.15) is 0 Å². The van der Waals surface area contributed by atoms with E-state index in [-0.39, 0.29) is 0 Å². The molecule has 0 bridgehead atoms. The minimum atomic E-state index is 0.579. The van der Waals surface area contributed by atoms with E-state index < -0.39 is 0 Å². The van der Waals surface area contributed by atoms with Crippen molar-refractivity contribution in [2.75, 3.05) is 33.2 Å². The zero-order chi connectivity index (χ0) is 12.1. The van der Waals surface area contributed by atoms with Crippen LogP contribution in [0.2, 0.25) is 0 Å². The Labute approximate surface area is 101 Å². The van der Waals surface area contributed by atoms with Gasteiger partial charge in [-0.25, -0.2) is 0 Å². The maximum Gasteiger partial charge on any atom is 0.0221 e. The summed E-state index contributed by atoms with van der Waals surface area (Å²) in [5, 5.41) is 3.54. The molecular weight excluding hydrogens is 198 g/mol. The second-order valence-electron chi connectivity index (χ2n) is 5.29. The Hall–Kier alpha value is -0.120. The molecule has 0 aromatic heterocycles. The highest BCUT2D eigenvalue weighted by Gasteiger charge is 2.26. The molecule has 1 saturated heterocycles. The van der Waals surface area contributed by atoms with Crippen molar-refractivity contribution in [3.63, 3.8) is 0 Å². The lowest BCUT2D eigenvalue weighted by Crippen LogP contribution is -2.51. The molecule has 0 aromatic carbocycles. The molecule has 3 atom stereocenters. The van der Waals surface area contributed by atoms with Crippen LogP contribution >= 0.6 is 0 Å². The lowest BCUT2D eigenvalue weighted by atomic mass is 10.1. The van der Waals surface area contributed by atoms with Crippen molar-refractivity contribution < 1.29 is 0 Å². The maximum absolute atomic E-state index is 3.54. The Kier molecular flexibility index (Phi) is 5.73. The van der Waals surface area contributed by atoms with Crippen LogP contribution in [0.5, 0.6) is 0 Å². The number of hydrogen-bond acceptors (Lipinski definition) is 3. The molecule has 96 valence electrons. The Balaban J connectivity index is 2.55. The van der Waals surface area contributed by atoms with Gasteiger partial charge in [0.15, 0.2) is 0 Å². The summed E-state index contributed by atoms with van der Waals surface area (Å²) in [6.45, 7) is 13.9. The summed E-state index contributed by atoms with van der Waals surface area (Å²) in [5.74, 6) is 0. The van der Waals surface area contributed by atoms with Crippen molar-refractivity contribution in [1.29, 1.82) is 0 Å². The van der Waals surface area contributed by atoms with Gasteiger partial charge in [0.05, 0.1) is 0 Å². The molecule has 0 radical (unpaired) electrons. The number of hydrogen-bond donors (Lipinski definition) is 1. The Morgan fingerprint density at radius 2 is 2.00 bits per heavy atom. The predicted molar refractivity (Wildman–Crippen MR) is 70.9 cm³/mol. The molecule has 0 amide bonds. The lowest BCUT2D eigenvalue weighted by molar-refractivity contribution is 0.128. The van der Waals surface area contributed by atoms with Gasteiger partial charge < -0.3 is 10.2 Å². The van der Waals surface area contributed by atoms with Gasteiger partial charge >= 0.3 is 0 Å². The fraction of sp³-hybridized carbons (Fsp3) is 1.00. The zero-order valence-corrected chi connectivity index (χ0v) is 11.7. The van der Waals surface area contributed by atoms with E-state index in [1.165, 1.54) is 26.1 Å². The molecule has 1 fully saturated rings. The molecule has 0 spiro atoms. The van der Waals surface area contributed by atoms with Crippen LogP contribution in [0, 0.1) is 0 Å². The minimum Gasteiger partial charge on any atom is -0.313 e. The molecule has 0 saturated carbocycles. The van der Waals surface area contributed by atoms with Crippen LogP contribution in [0.25, 0.3) is 0 Å². The fourth-order valence-corrected chi connectivity index (χ4v) is 2.78. The Morgan fingerprint density at radius 3 is 2.62 bits per heavy atom. The van der Waals surface area contributed by atoms with Crippen molar-refractivity contribution in [2.45, 2.75) is 52.2 Å². The number of nitrogens with one attached hydrogen (secondary N) is 1. The van der Waals surface area contributed by atoms with Crippen LogP contribution in [0.1, 0.15) is 34.1 Å². The first-order valence-corrected chi connectivity index (χ1v) is 6.74. The zero-order valence-electron chi connectivity index (χ0n) is 11.7. The summed E-state index contributed by atoms with van der Waals surface area (Å²) in [6.07, 6.45) is 1.30. The summed E-state index contributed by atoms with van der Waals surface area (Å²) in [7, 11) is 2.23. The highest BCUT2D eigenvalue weighted by atomic mass is 15.3. The van der Waals surface area contributed by atoms with E-state index in [9.17, 15) is 0 Å². The lowest BCUT2D eigenvalue weighted by Gasteiger charge is -2.37. The standard InChI is InChI=1S/C13H29N3/c1-6-14-12(3)13(4)16-9-7-8-15(5)10-11(16)2/h11-14H,6-10H2,1-5H3. The monoisotopic (exact) mass is 227 g/mol. The van der Waals surface area contributed by atoms with Crippen LogP contribution in [0.3, 0.4) is 0 Å². The molecule has 1 rings (SSSR count). The van der Waals surface area contributed by atoms with Crippen LogP contribution in [-0.2, 0) is 0 Å². The molecule has 1 N–H and O–H groups in total. The van der Waals surface area contributed by atoms with Crippen LogP contribution < -0.4 is 5.32 Å². The Morgan fingerprint density at radius 1 is 1.31 bits per heavy atom. The molecule has 0 aromatic rings. The number of likely N-dealkylation sites (N-methyl/N-ethyl adjacent to an activating group) is 2. The van der Waals surface area contributed by atoms with Gasteiger partial charge in [-0.15, -0.1) is 0 Å². The van der Waals surface area contributed by atoms with E-state index in [0.717, 1.165) is 6.54 Å². The van der Waals surface area contributed by atoms with Crippen molar-refractivity contribution in [1.82, 2.24) is 15.1 Å². The average molecular weight is 227 g/mol. The van der Waals surface area contributed by atoms with E-state index in [4.69, 9.17) is 0 Å². The van der Waals surface area contributed by atoms with Gasteiger partial charge in [-0.3, -0.25) is 4.90 Å². The molecule has 16 heavy (non-hydrogen) atoms. The van der Waals surface area contributed by atoms with Gasteiger partial charge in [0.25, 0.3) is 0 Å². The normalized spacial score (nSPS) is 28.7. The van der Waals surface area contributed by atoms with Gasteiger partial charge in [-0.05, 0) is 47.3 Å². The van der Waals surface area contributed by atoms with Crippen LogP contribution in [-0.4, -0.2) is 61.2 Å². The summed E-state index contributed by atoms with van der Waals surface area (Å²) < 4.78 is 0. The van der Waals surface area contributed by atoms with Gasteiger partial charge in [0, 0.05) is 31.2 Å². The summed E-state index contributed by atoms with van der Waals surface area (Å²) in [6, 6.07) is 1.88. The molecule has 0 aliphatic carbocycles. The van der Waals surface area contributed by atoms with E-state index in [0.29, 0.717) is 18.1 Å². The Bertz CT molecular complexity index is 196. The molecule has 1 aliphatic rings. The van der Waals surface area contributed by atoms with Crippen molar-refractivity contribution in [3.8, 4) is 0 Å². The third-order valence-corrected chi connectivity index (χ3v) is 3.87. The molecule has 1 aliphatic heterocycles. The van der Waals surface area contributed by atoms with Crippen molar-refractivity contribution in [3.05, 3.63) is 0 Å². The van der Waals surface area contributed by atoms with Crippen molar-refractivity contribution in [2.24, 2.45) is 0 Å². The minimum absolute atomic E-state index is 0.579. The van der Waals surface area contributed by atoms with Crippen molar-refractivity contribution >= 4 is 0 Å². The first-order valence-electron chi connectivity index (χ1n) is 6.74. The fourth-order valence-electron chi connectivity index (χ4n) is 2.78. The first kappa shape index (κ1) is 13.9. The quantitative estimate of drug-likeness (QED) is 0.783. The first-order chi connectivity index (χ1) is 7.56. The summed E-state index contributed by atoms with van der Waals surface area (Å²) in [5.41, 5.74) is 0. The summed E-state index contributed by atoms with van der Waals surface area (Å²) in [4.78, 5) is 5.12. The van der Waals surface area contributed by atoms with E-state index in [2.05, 4.69) is 49.9 Å². The number of rotatable bonds is 4. The molecule has 1 heterocycles. The summed E-state index contributed by atoms with van der Waals surface area (Å²) >= 11 is 0. The van der Waals surface area contributed by atoms with E-state index in [1.807, 2.05) is 0 Å². The third kappa shape index (κ3) is 3.72. The highest BCUT2D eigenvalue weighted by molar-refractivity contribution is 4.84. The SMILES string of the molecule is CCNC(C)C(C)N1CCCN(C)CC1C. The largest absolute Gasteiger partial charge is 0.313 e. The van der Waals surface area contributed by atoms with E-state index >= 15 is 0 Å². The average Bonchev–Trinajstić information content (AvgIpc) is 2.38. The molecular formula is C13H29N3. The smallest absolute Gasteiger partial charge is 0.0221 e. The van der Waals surface area contributed by atoms with Gasteiger partial charge in [-0.2, -0.15) is 0 Å². The second-order valence-corrected chi connectivity index (χ2v) is 5.29. The second kappa shape index (κ2) is 6.58.